The van der Waals surface area contributed by atoms with Gasteiger partial charge in [0.1, 0.15) is 5.82 Å². The molecule has 5 nitrogen and oxygen atoms in total. The van der Waals surface area contributed by atoms with E-state index in [2.05, 4.69) is 49.6 Å². The third kappa shape index (κ3) is 4.42. The minimum atomic E-state index is -0.193. The molecule has 0 saturated carbocycles. The maximum Gasteiger partial charge on any atom is 0.282 e. The van der Waals surface area contributed by atoms with Gasteiger partial charge in [0.05, 0.1) is 27.2 Å². The van der Waals surface area contributed by atoms with E-state index in [0.717, 1.165) is 32.2 Å². The van der Waals surface area contributed by atoms with Crippen molar-refractivity contribution in [3.63, 3.8) is 0 Å². The van der Waals surface area contributed by atoms with Crippen LogP contribution in [0.4, 0.5) is 0 Å². The molecule has 0 N–H and O–H groups in total. The molecular weight excluding hydrogens is 547 g/mol. The van der Waals surface area contributed by atoms with Gasteiger partial charge in [-0.15, -0.1) is 0 Å². The first kappa shape index (κ1) is 23.8. The van der Waals surface area contributed by atoms with E-state index in [4.69, 9.17) is 23.2 Å². The number of benzene rings is 3. The molecule has 5 aromatic rings. The predicted molar refractivity (Wildman–Crippen MR) is 148 cm³/mol. The Morgan fingerprint density at radius 2 is 1.83 bits per heavy atom. The fourth-order valence-corrected chi connectivity index (χ4v) is 4.98. The van der Waals surface area contributed by atoms with Crippen LogP contribution in [0.2, 0.25) is 10.0 Å². The van der Waals surface area contributed by atoms with Crippen molar-refractivity contribution in [2.45, 2.75) is 26.8 Å². The standard InChI is InChI=1S/C27H21BrCl2N4O/c1-3-26-32-24-11-9-18(28)13-20(24)27(35)34(26)31-14-21-16(2)33(25-7-5-4-6-19(21)25)15-17-8-10-22(29)23(30)12-17/h4-14H,3,15H2,1-2H3. The van der Waals surface area contributed by atoms with Crippen LogP contribution in [0.1, 0.15) is 29.6 Å². The SMILES string of the molecule is CCc1nc2ccc(Br)cc2c(=O)n1N=Cc1c(C)n(Cc2ccc(Cl)c(Cl)c2)c2ccccc12. The lowest BCUT2D eigenvalue weighted by Crippen LogP contribution is -2.22. The Kier molecular flexibility index (Phi) is 6.53. The van der Waals surface area contributed by atoms with Crippen molar-refractivity contribution >= 4 is 67.2 Å². The molecular formula is C27H21BrCl2N4O. The molecule has 0 aliphatic carbocycles. The molecule has 5 rings (SSSR count). The topological polar surface area (TPSA) is 52.2 Å². The second-order valence-electron chi connectivity index (χ2n) is 8.26. The Bertz CT molecular complexity index is 1690. The van der Waals surface area contributed by atoms with E-state index < -0.39 is 0 Å². The molecule has 176 valence electrons. The summed E-state index contributed by atoms with van der Waals surface area (Å²) < 4.78 is 4.44. The number of aryl methyl sites for hydroxylation is 1. The Morgan fingerprint density at radius 1 is 1.03 bits per heavy atom. The first-order valence-corrected chi connectivity index (χ1v) is 12.7. The average Bonchev–Trinajstić information content (AvgIpc) is 3.11. The van der Waals surface area contributed by atoms with E-state index >= 15 is 0 Å². The molecule has 0 bridgehead atoms. The van der Waals surface area contributed by atoms with Gasteiger partial charge in [-0.05, 0) is 48.9 Å². The fraction of sp³-hybridized carbons (Fsp3) is 0.148. The number of halogens is 3. The monoisotopic (exact) mass is 566 g/mol. The lowest BCUT2D eigenvalue weighted by Gasteiger charge is -2.10. The van der Waals surface area contributed by atoms with Crippen LogP contribution in [-0.2, 0) is 13.0 Å². The largest absolute Gasteiger partial charge is 0.340 e. The van der Waals surface area contributed by atoms with E-state index in [-0.39, 0.29) is 5.56 Å². The summed E-state index contributed by atoms with van der Waals surface area (Å²) in [5.74, 6) is 0.610. The van der Waals surface area contributed by atoms with Crippen LogP contribution in [0.25, 0.3) is 21.8 Å². The minimum absolute atomic E-state index is 0.193. The van der Waals surface area contributed by atoms with Gasteiger partial charge < -0.3 is 4.57 Å². The van der Waals surface area contributed by atoms with Gasteiger partial charge in [0.25, 0.3) is 5.56 Å². The molecule has 0 atom stereocenters. The van der Waals surface area contributed by atoms with Gasteiger partial charge >= 0.3 is 0 Å². The summed E-state index contributed by atoms with van der Waals surface area (Å²) in [6.07, 6.45) is 2.34. The van der Waals surface area contributed by atoms with E-state index in [1.54, 1.807) is 12.3 Å². The van der Waals surface area contributed by atoms with Crippen LogP contribution >= 0.6 is 39.1 Å². The number of hydrogen-bond acceptors (Lipinski definition) is 3. The molecule has 0 aliphatic rings. The molecule has 0 saturated heterocycles. The smallest absolute Gasteiger partial charge is 0.282 e. The summed E-state index contributed by atoms with van der Waals surface area (Å²) in [6, 6.07) is 19.3. The highest BCUT2D eigenvalue weighted by molar-refractivity contribution is 9.10. The molecule has 2 heterocycles. The zero-order valence-electron chi connectivity index (χ0n) is 19.1. The number of hydrogen-bond donors (Lipinski definition) is 0. The number of para-hydroxylation sites is 1. The number of rotatable bonds is 5. The molecule has 0 amide bonds. The van der Waals surface area contributed by atoms with Crippen LogP contribution < -0.4 is 5.56 Å². The third-order valence-electron chi connectivity index (χ3n) is 6.10. The predicted octanol–water partition coefficient (Wildman–Crippen LogP) is 7.22. The molecule has 2 aromatic heterocycles. The van der Waals surface area contributed by atoms with Gasteiger partial charge in [-0.2, -0.15) is 9.78 Å². The Balaban J connectivity index is 1.63. The molecule has 0 aliphatic heterocycles. The maximum absolute atomic E-state index is 13.3. The van der Waals surface area contributed by atoms with Crippen LogP contribution in [0.5, 0.6) is 0 Å². The number of aromatic nitrogens is 3. The highest BCUT2D eigenvalue weighted by Crippen LogP contribution is 2.28. The zero-order chi connectivity index (χ0) is 24.7. The van der Waals surface area contributed by atoms with Crippen molar-refractivity contribution < 1.29 is 0 Å². The Morgan fingerprint density at radius 3 is 2.60 bits per heavy atom. The highest BCUT2D eigenvalue weighted by Gasteiger charge is 2.15. The van der Waals surface area contributed by atoms with E-state index in [9.17, 15) is 4.79 Å². The molecule has 35 heavy (non-hydrogen) atoms. The summed E-state index contributed by atoms with van der Waals surface area (Å²) in [6.45, 7) is 4.65. The van der Waals surface area contributed by atoms with Gasteiger partial charge in [-0.1, -0.05) is 70.3 Å². The second-order valence-corrected chi connectivity index (χ2v) is 9.99. The van der Waals surface area contributed by atoms with Crippen molar-refractivity contribution in [2.75, 3.05) is 0 Å². The summed E-state index contributed by atoms with van der Waals surface area (Å²) >= 11 is 15.8. The molecule has 3 aromatic carbocycles. The number of nitrogens with zero attached hydrogens (tertiary/aromatic N) is 4. The maximum atomic E-state index is 13.3. The van der Waals surface area contributed by atoms with E-state index in [0.29, 0.717) is 39.7 Å². The Labute approximate surface area is 220 Å². The normalized spacial score (nSPS) is 11.8. The zero-order valence-corrected chi connectivity index (χ0v) is 22.2. The first-order chi connectivity index (χ1) is 16.9. The minimum Gasteiger partial charge on any atom is -0.340 e. The highest BCUT2D eigenvalue weighted by atomic mass is 79.9. The summed E-state index contributed by atoms with van der Waals surface area (Å²) in [5.41, 5.74) is 4.56. The second kappa shape index (κ2) is 9.61. The quantitative estimate of drug-likeness (QED) is 0.210. The summed E-state index contributed by atoms with van der Waals surface area (Å²) in [4.78, 5) is 18.0. The lowest BCUT2D eigenvalue weighted by atomic mass is 10.1. The van der Waals surface area contributed by atoms with Gasteiger partial charge in [0, 0.05) is 39.6 Å². The van der Waals surface area contributed by atoms with Gasteiger partial charge in [0.15, 0.2) is 0 Å². The van der Waals surface area contributed by atoms with Crippen molar-refractivity contribution in [1.29, 1.82) is 0 Å². The first-order valence-electron chi connectivity index (χ1n) is 11.1. The number of fused-ring (bicyclic) bond motifs is 2. The average molecular weight is 568 g/mol. The van der Waals surface area contributed by atoms with Crippen LogP contribution in [0, 0.1) is 6.92 Å². The molecule has 0 fully saturated rings. The van der Waals surface area contributed by atoms with Crippen molar-refractivity contribution in [1.82, 2.24) is 14.2 Å². The fourth-order valence-electron chi connectivity index (χ4n) is 4.30. The summed E-state index contributed by atoms with van der Waals surface area (Å²) in [7, 11) is 0. The van der Waals surface area contributed by atoms with Crippen molar-refractivity contribution in [2.24, 2.45) is 5.10 Å². The van der Waals surface area contributed by atoms with Gasteiger partial charge in [-0.3, -0.25) is 4.79 Å². The Hall–Kier alpha value is -2.93. The van der Waals surface area contributed by atoms with Crippen molar-refractivity contribution in [3.05, 3.63) is 108 Å². The van der Waals surface area contributed by atoms with E-state index in [1.807, 2.05) is 49.4 Å². The third-order valence-corrected chi connectivity index (χ3v) is 7.33. The van der Waals surface area contributed by atoms with Crippen LogP contribution in [-0.4, -0.2) is 20.4 Å². The van der Waals surface area contributed by atoms with Gasteiger partial charge in [-0.25, -0.2) is 4.98 Å². The van der Waals surface area contributed by atoms with Crippen LogP contribution in [0.15, 0.2) is 75.0 Å². The molecule has 0 radical (unpaired) electrons. The molecule has 0 spiro atoms. The molecule has 8 heteroatoms. The van der Waals surface area contributed by atoms with Crippen LogP contribution in [0.3, 0.4) is 0 Å². The lowest BCUT2D eigenvalue weighted by molar-refractivity contribution is 0.734. The molecule has 0 unspecified atom stereocenters. The van der Waals surface area contributed by atoms with Crippen molar-refractivity contribution in [3.8, 4) is 0 Å². The summed E-state index contributed by atoms with van der Waals surface area (Å²) in [5, 5.41) is 7.27. The van der Waals surface area contributed by atoms with E-state index in [1.165, 1.54) is 4.68 Å². The van der Waals surface area contributed by atoms with Gasteiger partial charge in [0.2, 0.25) is 0 Å².